The number of benzene rings is 1. The lowest BCUT2D eigenvalue weighted by molar-refractivity contribution is -0.122. The second kappa shape index (κ2) is 4.17. The van der Waals surface area contributed by atoms with Crippen LogP contribution in [-0.4, -0.2) is 19.1 Å². The number of hydrogen-bond acceptors (Lipinski definition) is 2. The predicted molar refractivity (Wildman–Crippen MR) is 57.9 cm³/mol. The maximum atomic E-state index is 11.7. The third kappa shape index (κ3) is 1.86. The topological polar surface area (TPSA) is 38.3 Å². The van der Waals surface area contributed by atoms with Crippen molar-refractivity contribution in [3.63, 3.8) is 0 Å². The van der Waals surface area contributed by atoms with Gasteiger partial charge in [0.15, 0.2) is 0 Å². The molecule has 3 heteroatoms. The van der Waals surface area contributed by atoms with Crippen LogP contribution < -0.4 is 10.1 Å². The molecule has 1 unspecified atom stereocenters. The van der Waals surface area contributed by atoms with Gasteiger partial charge in [0.2, 0.25) is 5.91 Å². The zero-order valence-electron chi connectivity index (χ0n) is 8.40. The molecular formula is C12H13NO2. The number of carbonyl (C=O) groups excluding carboxylic acids is 1. The molecule has 0 saturated carbocycles. The lowest BCUT2D eigenvalue weighted by Crippen LogP contribution is -2.30. The third-order valence-corrected chi connectivity index (χ3v) is 2.44. The number of ether oxygens (including phenoxy) is 1. The third-order valence-electron chi connectivity index (χ3n) is 2.44. The summed E-state index contributed by atoms with van der Waals surface area (Å²) in [6.07, 6.45) is 1.67. The van der Waals surface area contributed by atoms with Gasteiger partial charge < -0.3 is 10.1 Å². The van der Waals surface area contributed by atoms with Gasteiger partial charge in [-0.3, -0.25) is 4.79 Å². The lowest BCUT2D eigenvalue weighted by atomic mass is 10.0. The van der Waals surface area contributed by atoms with Gasteiger partial charge >= 0.3 is 0 Å². The summed E-state index contributed by atoms with van der Waals surface area (Å²) in [4.78, 5) is 11.7. The Bertz CT molecular complexity index is 387. The fourth-order valence-corrected chi connectivity index (χ4v) is 1.68. The predicted octanol–water partition coefficient (Wildman–Crippen LogP) is 1.46. The van der Waals surface area contributed by atoms with E-state index in [1.54, 1.807) is 6.08 Å². The molecule has 1 amide bonds. The summed E-state index contributed by atoms with van der Waals surface area (Å²) in [5, 5.41) is 2.78. The van der Waals surface area contributed by atoms with Gasteiger partial charge in [-0.1, -0.05) is 24.3 Å². The molecule has 0 saturated heterocycles. The quantitative estimate of drug-likeness (QED) is 0.755. The summed E-state index contributed by atoms with van der Waals surface area (Å²) in [5.74, 6) is 0.636. The van der Waals surface area contributed by atoms with Gasteiger partial charge in [-0.25, -0.2) is 0 Å². The molecule has 0 radical (unpaired) electrons. The van der Waals surface area contributed by atoms with Gasteiger partial charge in [0.25, 0.3) is 0 Å². The first kappa shape index (κ1) is 9.77. The van der Waals surface area contributed by atoms with E-state index in [-0.39, 0.29) is 11.8 Å². The van der Waals surface area contributed by atoms with Crippen LogP contribution in [0.3, 0.4) is 0 Å². The molecule has 3 nitrogen and oxygen atoms in total. The highest BCUT2D eigenvalue weighted by molar-refractivity contribution is 5.85. The van der Waals surface area contributed by atoms with E-state index >= 15 is 0 Å². The molecule has 15 heavy (non-hydrogen) atoms. The van der Waals surface area contributed by atoms with Crippen molar-refractivity contribution in [2.45, 2.75) is 5.92 Å². The SMILES string of the molecule is C=CCNC(=O)C1COc2ccccc21. The van der Waals surface area contributed by atoms with Crippen LogP contribution in [0.5, 0.6) is 5.75 Å². The molecule has 0 aromatic heterocycles. The van der Waals surface area contributed by atoms with Crippen molar-refractivity contribution >= 4 is 5.91 Å². The van der Waals surface area contributed by atoms with Crippen molar-refractivity contribution in [2.75, 3.05) is 13.2 Å². The number of fused-ring (bicyclic) bond motifs is 1. The van der Waals surface area contributed by atoms with Crippen LogP contribution in [0.15, 0.2) is 36.9 Å². The Kier molecular flexibility index (Phi) is 2.72. The second-order valence-electron chi connectivity index (χ2n) is 3.44. The molecule has 0 fully saturated rings. The minimum Gasteiger partial charge on any atom is -0.492 e. The summed E-state index contributed by atoms with van der Waals surface area (Å²) < 4.78 is 5.43. The van der Waals surface area contributed by atoms with Crippen LogP contribution in [0.2, 0.25) is 0 Å². The van der Waals surface area contributed by atoms with Gasteiger partial charge in [-0.2, -0.15) is 0 Å². The Labute approximate surface area is 88.8 Å². The Balaban J connectivity index is 2.13. The second-order valence-corrected chi connectivity index (χ2v) is 3.44. The Hall–Kier alpha value is -1.77. The van der Waals surface area contributed by atoms with E-state index in [0.717, 1.165) is 11.3 Å². The average Bonchev–Trinajstić information content (AvgIpc) is 2.69. The Morgan fingerprint density at radius 2 is 2.40 bits per heavy atom. The van der Waals surface area contributed by atoms with Gasteiger partial charge in [-0.05, 0) is 6.07 Å². The minimum atomic E-state index is -0.179. The normalized spacial score (nSPS) is 17.7. The molecule has 2 rings (SSSR count). The van der Waals surface area contributed by atoms with Gasteiger partial charge in [0.1, 0.15) is 18.3 Å². The fourth-order valence-electron chi connectivity index (χ4n) is 1.68. The van der Waals surface area contributed by atoms with Crippen LogP contribution in [0.1, 0.15) is 11.5 Å². The van der Waals surface area contributed by atoms with Crippen LogP contribution >= 0.6 is 0 Å². The molecule has 1 aliphatic heterocycles. The summed E-state index contributed by atoms with van der Waals surface area (Å²) in [5.41, 5.74) is 0.971. The molecule has 0 bridgehead atoms. The number of hydrogen-bond donors (Lipinski definition) is 1. The molecule has 1 aliphatic rings. The highest BCUT2D eigenvalue weighted by atomic mass is 16.5. The van der Waals surface area contributed by atoms with Gasteiger partial charge in [0.05, 0.1) is 0 Å². The van der Waals surface area contributed by atoms with E-state index in [1.165, 1.54) is 0 Å². The summed E-state index contributed by atoms with van der Waals surface area (Å²) in [7, 11) is 0. The first-order valence-corrected chi connectivity index (χ1v) is 4.93. The largest absolute Gasteiger partial charge is 0.492 e. The molecule has 1 aromatic rings. The monoisotopic (exact) mass is 203 g/mol. The van der Waals surface area contributed by atoms with E-state index in [4.69, 9.17) is 4.74 Å². The highest BCUT2D eigenvalue weighted by Crippen LogP contribution is 2.33. The molecule has 1 atom stereocenters. The van der Waals surface area contributed by atoms with Crippen LogP contribution in [-0.2, 0) is 4.79 Å². The lowest BCUT2D eigenvalue weighted by Gasteiger charge is -2.07. The number of amides is 1. The molecule has 1 heterocycles. The molecule has 0 aliphatic carbocycles. The van der Waals surface area contributed by atoms with Crippen LogP contribution in [0.4, 0.5) is 0 Å². The van der Waals surface area contributed by atoms with Crippen molar-refractivity contribution in [1.29, 1.82) is 0 Å². The molecule has 78 valence electrons. The number of carbonyl (C=O) groups is 1. The molecule has 0 spiro atoms. The van der Waals surface area contributed by atoms with Crippen LogP contribution in [0.25, 0.3) is 0 Å². The van der Waals surface area contributed by atoms with E-state index in [0.29, 0.717) is 13.2 Å². The maximum absolute atomic E-state index is 11.7. The van der Waals surface area contributed by atoms with E-state index in [9.17, 15) is 4.79 Å². The summed E-state index contributed by atoms with van der Waals surface area (Å²) >= 11 is 0. The van der Waals surface area contributed by atoms with E-state index < -0.39 is 0 Å². The molecule has 1 aromatic carbocycles. The zero-order valence-corrected chi connectivity index (χ0v) is 8.40. The summed E-state index contributed by atoms with van der Waals surface area (Å²) in [6.45, 7) is 4.49. The number of para-hydroxylation sites is 1. The molecular weight excluding hydrogens is 190 g/mol. The van der Waals surface area contributed by atoms with Crippen molar-refractivity contribution in [3.8, 4) is 5.75 Å². The van der Waals surface area contributed by atoms with E-state index in [1.807, 2.05) is 24.3 Å². The standard InChI is InChI=1S/C12H13NO2/c1-2-7-13-12(14)10-8-15-11-6-4-3-5-9(10)11/h2-6,10H,1,7-8H2,(H,13,14). The van der Waals surface area contributed by atoms with Gasteiger partial charge in [-0.15, -0.1) is 6.58 Å². The average molecular weight is 203 g/mol. The van der Waals surface area contributed by atoms with Crippen molar-refractivity contribution in [2.24, 2.45) is 0 Å². The Morgan fingerprint density at radius 1 is 1.60 bits per heavy atom. The van der Waals surface area contributed by atoms with Crippen molar-refractivity contribution in [3.05, 3.63) is 42.5 Å². The summed E-state index contributed by atoms with van der Waals surface area (Å²) in [6, 6.07) is 7.64. The molecule has 1 N–H and O–H groups in total. The minimum absolute atomic E-state index is 0.000139. The highest BCUT2D eigenvalue weighted by Gasteiger charge is 2.29. The van der Waals surface area contributed by atoms with Crippen molar-refractivity contribution in [1.82, 2.24) is 5.32 Å². The first-order chi connectivity index (χ1) is 7.33. The van der Waals surface area contributed by atoms with Crippen LogP contribution in [0, 0.1) is 0 Å². The zero-order chi connectivity index (χ0) is 10.7. The van der Waals surface area contributed by atoms with E-state index in [2.05, 4.69) is 11.9 Å². The Morgan fingerprint density at radius 3 is 3.20 bits per heavy atom. The fraction of sp³-hybridized carbons (Fsp3) is 0.250. The van der Waals surface area contributed by atoms with Crippen molar-refractivity contribution < 1.29 is 9.53 Å². The van der Waals surface area contributed by atoms with Gasteiger partial charge in [0, 0.05) is 12.1 Å². The first-order valence-electron chi connectivity index (χ1n) is 4.93. The smallest absolute Gasteiger partial charge is 0.231 e. The number of rotatable bonds is 3. The maximum Gasteiger partial charge on any atom is 0.231 e. The number of nitrogens with one attached hydrogen (secondary N) is 1.